The van der Waals surface area contributed by atoms with Crippen molar-refractivity contribution >= 4 is 11.4 Å². The number of aryl methyl sites for hydroxylation is 1. The third-order valence-electron chi connectivity index (χ3n) is 3.55. The van der Waals surface area contributed by atoms with Gasteiger partial charge in [0.25, 0.3) is 0 Å². The predicted molar refractivity (Wildman–Crippen MR) is 84.2 cm³/mol. The minimum atomic E-state index is 0.103. The van der Waals surface area contributed by atoms with Gasteiger partial charge in [-0.05, 0) is 62.6 Å². The van der Waals surface area contributed by atoms with Crippen LogP contribution in [0.3, 0.4) is 0 Å². The quantitative estimate of drug-likeness (QED) is 0.749. The molecule has 0 bridgehead atoms. The second-order valence-electron chi connectivity index (χ2n) is 5.09. The minimum absolute atomic E-state index is 0.103. The Hall–Kier alpha value is -2.09. The standard InChI is InChI=1S/C18H21NO/c1-5-16(12-14(3)20)18-11-13(2)19(15(18)4)17-9-7-6-8-10-17/h6-12H,5H2,1-4H3/b16-12+. The molecule has 104 valence electrons. The summed E-state index contributed by atoms with van der Waals surface area (Å²) in [5.41, 5.74) is 5.80. The van der Waals surface area contributed by atoms with Crippen molar-refractivity contribution in [1.29, 1.82) is 0 Å². The van der Waals surface area contributed by atoms with Gasteiger partial charge in [-0.1, -0.05) is 25.1 Å². The van der Waals surface area contributed by atoms with E-state index < -0.39 is 0 Å². The van der Waals surface area contributed by atoms with E-state index in [1.54, 1.807) is 13.0 Å². The minimum Gasteiger partial charge on any atom is -0.318 e. The number of carbonyl (C=O) groups excluding carboxylic acids is 1. The summed E-state index contributed by atoms with van der Waals surface area (Å²) in [4.78, 5) is 11.4. The van der Waals surface area contributed by atoms with Crippen LogP contribution in [0.15, 0.2) is 42.5 Å². The molecule has 0 atom stereocenters. The molecular weight excluding hydrogens is 246 g/mol. The first-order valence-corrected chi connectivity index (χ1v) is 7.00. The summed E-state index contributed by atoms with van der Waals surface area (Å²) in [6.07, 6.45) is 2.61. The second-order valence-corrected chi connectivity index (χ2v) is 5.09. The van der Waals surface area contributed by atoms with Gasteiger partial charge in [0.05, 0.1) is 0 Å². The first kappa shape index (κ1) is 14.3. The SMILES string of the molecule is CC/C(=C\C(C)=O)c1cc(C)n(-c2ccccc2)c1C. The first-order chi connectivity index (χ1) is 9.54. The molecule has 0 aliphatic heterocycles. The highest BCUT2D eigenvalue weighted by atomic mass is 16.1. The fourth-order valence-electron chi connectivity index (χ4n) is 2.68. The summed E-state index contributed by atoms with van der Waals surface area (Å²) in [6, 6.07) is 12.5. The van der Waals surface area contributed by atoms with E-state index in [-0.39, 0.29) is 5.78 Å². The van der Waals surface area contributed by atoms with E-state index in [1.807, 2.05) is 18.2 Å². The van der Waals surface area contributed by atoms with Crippen LogP contribution in [0.25, 0.3) is 11.3 Å². The lowest BCUT2D eigenvalue weighted by atomic mass is 10.0. The van der Waals surface area contributed by atoms with Gasteiger partial charge in [-0.3, -0.25) is 4.79 Å². The summed E-state index contributed by atoms with van der Waals surface area (Å²) in [7, 11) is 0. The van der Waals surface area contributed by atoms with Crippen LogP contribution in [-0.4, -0.2) is 10.4 Å². The Morgan fingerprint density at radius 2 is 1.85 bits per heavy atom. The molecule has 0 unspecified atom stereocenters. The third kappa shape index (κ3) is 2.74. The number of aromatic nitrogens is 1. The molecule has 2 rings (SSSR count). The topological polar surface area (TPSA) is 22.0 Å². The molecule has 1 aromatic carbocycles. The van der Waals surface area contributed by atoms with Crippen LogP contribution in [0.2, 0.25) is 0 Å². The van der Waals surface area contributed by atoms with Gasteiger partial charge in [0, 0.05) is 17.1 Å². The summed E-state index contributed by atoms with van der Waals surface area (Å²) in [5, 5.41) is 0. The van der Waals surface area contributed by atoms with Gasteiger partial charge in [-0.25, -0.2) is 0 Å². The van der Waals surface area contributed by atoms with Crippen LogP contribution >= 0.6 is 0 Å². The number of ketones is 1. The van der Waals surface area contributed by atoms with E-state index in [2.05, 4.69) is 43.5 Å². The van der Waals surface area contributed by atoms with Gasteiger partial charge in [-0.2, -0.15) is 0 Å². The lowest BCUT2D eigenvalue weighted by Crippen LogP contribution is -1.99. The van der Waals surface area contributed by atoms with E-state index in [9.17, 15) is 4.79 Å². The van der Waals surface area contributed by atoms with Crippen LogP contribution in [0.4, 0.5) is 0 Å². The fourth-order valence-corrected chi connectivity index (χ4v) is 2.68. The lowest BCUT2D eigenvalue weighted by Gasteiger charge is -2.10. The maximum Gasteiger partial charge on any atom is 0.152 e. The monoisotopic (exact) mass is 267 g/mol. The van der Waals surface area contributed by atoms with Crippen LogP contribution in [0.1, 0.15) is 37.2 Å². The van der Waals surface area contributed by atoms with Gasteiger partial charge in [0.2, 0.25) is 0 Å². The zero-order chi connectivity index (χ0) is 14.7. The second kappa shape index (κ2) is 5.91. The van der Waals surface area contributed by atoms with Crippen molar-refractivity contribution in [1.82, 2.24) is 4.57 Å². The van der Waals surface area contributed by atoms with E-state index in [4.69, 9.17) is 0 Å². The molecule has 0 N–H and O–H groups in total. The number of benzene rings is 1. The highest BCUT2D eigenvalue weighted by Gasteiger charge is 2.13. The molecule has 0 aliphatic rings. The van der Waals surface area contributed by atoms with Crippen molar-refractivity contribution in [3.63, 3.8) is 0 Å². The Balaban J connectivity index is 2.57. The maximum absolute atomic E-state index is 11.4. The van der Waals surface area contributed by atoms with Gasteiger partial charge in [0.15, 0.2) is 5.78 Å². The molecule has 1 aromatic heterocycles. The van der Waals surface area contributed by atoms with Crippen LogP contribution < -0.4 is 0 Å². The van der Waals surface area contributed by atoms with Crippen molar-refractivity contribution in [2.75, 3.05) is 0 Å². The Bertz CT molecular complexity index is 648. The third-order valence-corrected chi connectivity index (χ3v) is 3.55. The molecule has 0 spiro atoms. The van der Waals surface area contributed by atoms with Crippen LogP contribution in [0, 0.1) is 13.8 Å². The fraction of sp³-hybridized carbons (Fsp3) is 0.278. The largest absolute Gasteiger partial charge is 0.318 e. The number of nitrogens with zero attached hydrogens (tertiary/aromatic N) is 1. The first-order valence-electron chi connectivity index (χ1n) is 7.00. The number of hydrogen-bond acceptors (Lipinski definition) is 1. The number of para-hydroxylation sites is 1. The molecule has 2 heteroatoms. The van der Waals surface area contributed by atoms with Crippen molar-refractivity contribution in [3.05, 3.63) is 59.4 Å². The average Bonchev–Trinajstić information content (AvgIpc) is 2.72. The highest BCUT2D eigenvalue weighted by molar-refractivity contribution is 5.95. The molecule has 0 amide bonds. The van der Waals surface area contributed by atoms with Gasteiger partial charge < -0.3 is 4.57 Å². The molecule has 2 aromatic rings. The highest BCUT2D eigenvalue weighted by Crippen LogP contribution is 2.28. The lowest BCUT2D eigenvalue weighted by molar-refractivity contribution is -0.112. The Kier molecular flexibility index (Phi) is 4.23. The summed E-state index contributed by atoms with van der Waals surface area (Å²) >= 11 is 0. The molecule has 0 fully saturated rings. The Morgan fingerprint density at radius 3 is 2.40 bits per heavy atom. The van der Waals surface area contributed by atoms with E-state index >= 15 is 0 Å². The summed E-state index contributed by atoms with van der Waals surface area (Å²) < 4.78 is 2.24. The maximum atomic E-state index is 11.4. The molecule has 20 heavy (non-hydrogen) atoms. The Morgan fingerprint density at radius 1 is 1.20 bits per heavy atom. The van der Waals surface area contributed by atoms with Crippen molar-refractivity contribution in [2.45, 2.75) is 34.1 Å². The molecular formula is C18H21NO. The van der Waals surface area contributed by atoms with Gasteiger partial charge in [-0.15, -0.1) is 0 Å². The van der Waals surface area contributed by atoms with Crippen LogP contribution in [-0.2, 0) is 4.79 Å². The zero-order valence-electron chi connectivity index (χ0n) is 12.6. The molecule has 0 aliphatic carbocycles. The molecule has 1 heterocycles. The van der Waals surface area contributed by atoms with E-state index in [0.717, 1.165) is 17.7 Å². The van der Waals surface area contributed by atoms with Gasteiger partial charge >= 0.3 is 0 Å². The van der Waals surface area contributed by atoms with E-state index in [0.29, 0.717) is 0 Å². The number of allylic oxidation sites excluding steroid dienone is 2. The Labute approximate surface area is 120 Å². The summed E-state index contributed by atoms with van der Waals surface area (Å²) in [5.74, 6) is 0.103. The molecule has 0 saturated carbocycles. The number of hydrogen-bond donors (Lipinski definition) is 0. The van der Waals surface area contributed by atoms with E-state index in [1.165, 1.54) is 17.0 Å². The summed E-state index contributed by atoms with van der Waals surface area (Å²) in [6.45, 7) is 7.90. The average molecular weight is 267 g/mol. The predicted octanol–water partition coefficient (Wildman–Crippen LogP) is 4.48. The number of carbonyl (C=O) groups is 1. The smallest absolute Gasteiger partial charge is 0.152 e. The molecule has 0 saturated heterocycles. The van der Waals surface area contributed by atoms with Crippen molar-refractivity contribution in [2.24, 2.45) is 0 Å². The van der Waals surface area contributed by atoms with Crippen molar-refractivity contribution < 1.29 is 4.79 Å². The normalized spacial score (nSPS) is 11.7. The van der Waals surface area contributed by atoms with Crippen LogP contribution in [0.5, 0.6) is 0 Å². The van der Waals surface area contributed by atoms with Crippen molar-refractivity contribution in [3.8, 4) is 5.69 Å². The zero-order valence-corrected chi connectivity index (χ0v) is 12.6. The number of rotatable bonds is 4. The molecule has 0 radical (unpaired) electrons. The molecule has 2 nitrogen and oxygen atoms in total. The van der Waals surface area contributed by atoms with Gasteiger partial charge in [0.1, 0.15) is 0 Å².